The number of ether oxygens (including phenoxy) is 3. The van der Waals surface area contributed by atoms with Crippen molar-refractivity contribution in [3.8, 4) is 0 Å². The molecule has 1 fully saturated rings. The molecule has 0 spiro atoms. The standard InChI is InChI=1S/C30H45N5O5SSi/c1-8-11-33-27-23(19-41-24-10-12-39-18-24)16-22(29(37)38-4)17-25(27)31-30(33)34(20-40-13-14-42(5,6)7)28(36)26-15-21(3)32-35(26)9-2/h15-17,24H,8-14,18-20H2,1-7H3. The van der Waals surface area contributed by atoms with Gasteiger partial charge in [-0.25, -0.2) is 9.78 Å². The molecule has 1 aromatic carbocycles. The number of hydrogen-bond donors (Lipinski definition) is 0. The van der Waals surface area contributed by atoms with Gasteiger partial charge in [0.15, 0.2) is 0 Å². The third kappa shape index (κ3) is 7.63. The fourth-order valence-corrected chi connectivity index (χ4v) is 6.87. The van der Waals surface area contributed by atoms with E-state index in [1.165, 1.54) is 7.11 Å². The van der Waals surface area contributed by atoms with E-state index >= 15 is 0 Å². The second-order valence-corrected chi connectivity index (χ2v) is 18.8. The molecule has 1 aliphatic heterocycles. The first kappa shape index (κ1) is 32.2. The van der Waals surface area contributed by atoms with Crippen molar-refractivity contribution in [3.63, 3.8) is 0 Å². The maximum absolute atomic E-state index is 14.2. The van der Waals surface area contributed by atoms with E-state index in [4.69, 9.17) is 19.2 Å². The van der Waals surface area contributed by atoms with E-state index < -0.39 is 14.0 Å². The van der Waals surface area contributed by atoms with Gasteiger partial charge in [0.25, 0.3) is 5.91 Å². The SMILES string of the molecule is CCCn1c(N(COCC[Si](C)(C)C)C(=O)c2cc(C)nn2CC)nc2cc(C(=O)OC)cc(CSC3CCOC3)c21. The normalized spacial score (nSPS) is 15.5. The van der Waals surface area contributed by atoms with Crippen LogP contribution in [0.4, 0.5) is 5.95 Å². The molecule has 230 valence electrons. The number of esters is 1. The van der Waals surface area contributed by atoms with Crippen LogP contribution in [-0.2, 0) is 33.1 Å². The minimum Gasteiger partial charge on any atom is -0.465 e. The molecular formula is C30H45N5O5SSi. The summed E-state index contributed by atoms with van der Waals surface area (Å²) in [5.41, 5.74) is 4.27. The van der Waals surface area contributed by atoms with Crippen LogP contribution in [-0.4, -0.2) is 78.2 Å². The zero-order valence-corrected chi connectivity index (χ0v) is 27.9. The van der Waals surface area contributed by atoms with E-state index in [1.807, 2.05) is 37.7 Å². The monoisotopic (exact) mass is 615 g/mol. The van der Waals surface area contributed by atoms with E-state index in [1.54, 1.807) is 15.6 Å². The summed E-state index contributed by atoms with van der Waals surface area (Å²) in [6, 6.07) is 6.47. The van der Waals surface area contributed by atoms with Gasteiger partial charge in [0.2, 0.25) is 5.95 Å². The van der Waals surface area contributed by atoms with Gasteiger partial charge in [-0.15, -0.1) is 0 Å². The Morgan fingerprint density at radius 3 is 2.64 bits per heavy atom. The molecule has 12 heteroatoms. The molecule has 4 rings (SSSR count). The van der Waals surface area contributed by atoms with E-state index in [0.717, 1.165) is 48.9 Å². The molecule has 42 heavy (non-hydrogen) atoms. The third-order valence-electron chi connectivity index (χ3n) is 7.26. The average Bonchev–Trinajstić information content (AvgIpc) is 3.69. The first-order valence-electron chi connectivity index (χ1n) is 14.8. The Kier molecular flexibility index (Phi) is 10.9. The molecule has 1 aliphatic rings. The highest BCUT2D eigenvalue weighted by molar-refractivity contribution is 7.99. The molecule has 10 nitrogen and oxygen atoms in total. The van der Waals surface area contributed by atoms with Crippen molar-refractivity contribution in [2.45, 2.75) is 83.4 Å². The number of aromatic nitrogens is 4. The lowest BCUT2D eigenvalue weighted by atomic mass is 10.1. The Labute approximate surface area is 254 Å². The van der Waals surface area contributed by atoms with E-state index in [-0.39, 0.29) is 12.6 Å². The van der Waals surface area contributed by atoms with E-state index in [2.05, 4.69) is 36.2 Å². The Hall–Kier alpha value is -2.67. The molecule has 0 saturated carbocycles. The maximum atomic E-state index is 14.2. The van der Waals surface area contributed by atoms with Crippen LogP contribution in [0.25, 0.3) is 11.0 Å². The predicted octanol–water partition coefficient (Wildman–Crippen LogP) is 5.74. The lowest BCUT2D eigenvalue weighted by Crippen LogP contribution is -2.37. The molecule has 1 saturated heterocycles. The molecule has 3 aromatic rings. The molecular weight excluding hydrogens is 571 g/mol. The van der Waals surface area contributed by atoms with Crippen molar-refractivity contribution in [1.82, 2.24) is 19.3 Å². The van der Waals surface area contributed by atoms with Crippen molar-refractivity contribution in [3.05, 3.63) is 40.7 Å². The Morgan fingerprint density at radius 1 is 1.21 bits per heavy atom. The van der Waals surface area contributed by atoms with Gasteiger partial charge in [-0.2, -0.15) is 16.9 Å². The summed E-state index contributed by atoms with van der Waals surface area (Å²) in [5, 5.41) is 4.92. The van der Waals surface area contributed by atoms with Crippen LogP contribution in [0.1, 0.15) is 58.8 Å². The van der Waals surface area contributed by atoms with Gasteiger partial charge in [-0.1, -0.05) is 26.6 Å². The molecule has 0 N–H and O–H groups in total. The number of amides is 1. The summed E-state index contributed by atoms with van der Waals surface area (Å²) >= 11 is 1.82. The van der Waals surface area contributed by atoms with Gasteiger partial charge in [-0.05, 0) is 56.5 Å². The van der Waals surface area contributed by atoms with Gasteiger partial charge in [-0.3, -0.25) is 14.4 Å². The molecule has 0 aliphatic carbocycles. The van der Waals surface area contributed by atoms with Crippen molar-refractivity contribution >= 4 is 48.7 Å². The number of rotatable bonds is 14. The number of imidazole rings is 1. The average molecular weight is 616 g/mol. The first-order valence-corrected chi connectivity index (χ1v) is 19.6. The summed E-state index contributed by atoms with van der Waals surface area (Å²) in [5.74, 6) is 0.560. The Bertz CT molecular complexity index is 1390. The summed E-state index contributed by atoms with van der Waals surface area (Å²) in [4.78, 5) is 33.5. The highest BCUT2D eigenvalue weighted by Gasteiger charge is 2.29. The zero-order valence-electron chi connectivity index (χ0n) is 26.1. The number of nitrogens with zero attached hydrogens (tertiary/aromatic N) is 5. The minimum atomic E-state index is -1.33. The van der Waals surface area contributed by atoms with Gasteiger partial charge < -0.3 is 18.8 Å². The fourth-order valence-electron chi connectivity index (χ4n) is 5.02. The molecule has 1 unspecified atom stereocenters. The molecule has 2 aromatic heterocycles. The van der Waals surface area contributed by atoms with E-state index in [0.29, 0.717) is 53.4 Å². The third-order valence-corrected chi connectivity index (χ3v) is 10.3. The number of carbonyl (C=O) groups excluding carboxylic acids is 2. The number of benzene rings is 1. The second-order valence-electron chi connectivity index (χ2n) is 11.9. The van der Waals surface area contributed by atoms with Crippen LogP contribution in [0.5, 0.6) is 0 Å². The van der Waals surface area contributed by atoms with Crippen LogP contribution < -0.4 is 4.90 Å². The lowest BCUT2D eigenvalue weighted by Gasteiger charge is -2.24. The van der Waals surface area contributed by atoms with Crippen molar-refractivity contribution in [1.29, 1.82) is 0 Å². The number of anilines is 1. The second kappa shape index (κ2) is 14.2. The maximum Gasteiger partial charge on any atom is 0.337 e. The van der Waals surface area contributed by atoms with Gasteiger partial charge >= 0.3 is 5.97 Å². The number of thioether (sulfide) groups is 1. The lowest BCUT2D eigenvalue weighted by molar-refractivity contribution is 0.0600. The summed E-state index contributed by atoms with van der Waals surface area (Å²) < 4.78 is 20.7. The van der Waals surface area contributed by atoms with Crippen molar-refractivity contribution < 1.29 is 23.8 Å². The summed E-state index contributed by atoms with van der Waals surface area (Å²) in [6.45, 7) is 16.2. The van der Waals surface area contributed by atoms with Crippen molar-refractivity contribution in [2.75, 3.05) is 38.6 Å². The van der Waals surface area contributed by atoms with Gasteiger partial charge in [0.05, 0.1) is 36.0 Å². The summed E-state index contributed by atoms with van der Waals surface area (Å²) in [6.07, 6.45) is 1.84. The largest absolute Gasteiger partial charge is 0.465 e. The minimum absolute atomic E-state index is 0.0671. The quantitative estimate of drug-likeness (QED) is 0.0980. The number of fused-ring (bicyclic) bond motifs is 1. The Morgan fingerprint density at radius 2 is 2.00 bits per heavy atom. The number of carbonyl (C=O) groups is 2. The van der Waals surface area contributed by atoms with Gasteiger partial charge in [0, 0.05) is 45.4 Å². The first-order chi connectivity index (χ1) is 20.1. The predicted molar refractivity (Wildman–Crippen MR) is 170 cm³/mol. The molecule has 0 bridgehead atoms. The molecule has 1 atom stereocenters. The fraction of sp³-hybridized carbons (Fsp3) is 0.600. The Balaban J connectivity index is 1.82. The number of methoxy groups -OCH3 is 1. The van der Waals surface area contributed by atoms with Crippen LogP contribution in [0.15, 0.2) is 18.2 Å². The number of aryl methyl sites for hydroxylation is 3. The molecule has 1 amide bonds. The number of hydrogen-bond acceptors (Lipinski definition) is 8. The topological polar surface area (TPSA) is 101 Å². The summed E-state index contributed by atoms with van der Waals surface area (Å²) in [7, 11) is 0.0557. The van der Waals surface area contributed by atoms with Crippen LogP contribution >= 0.6 is 11.8 Å². The van der Waals surface area contributed by atoms with Gasteiger partial charge in [0.1, 0.15) is 12.4 Å². The molecule has 0 radical (unpaired) electrons. The molecule has 3 heterocycles. The van der Waals surface area contributed by atoms with Crippen LogP contribution in [0.2, 0.25) is 25.7 Å². The van der Waals surface area contributed by atoms with Crippen molar-refractivity contribution in [2.24, 2.45) is 0 Å². The van der Waals surface area contributed by atoms with Crippen LogP contribution in [0, 0.1) is 6.92 Å². The highest BCUT2D eigenvalue weighted by Crippen LogP contribution is 2.33. The highest BCUT2D eigenvalue weighted by atomic mass is 32.2. The smallest absolute Gasteiger partial charge is 0.337 e. The van der Waals surface area contributed by atoms with Crippen LogP contribution in [0.3, 0.4) is 0 Å². The van der Waals surface area contributed by atoms with E-state index in [9.17, 15) is 9.59 Å². The zero-order chi connectivity index (χ0) is 30.4.